The largest absolute Gasteiger partial charge is 0.410 e. The van der Waals surface area contributed by atoms with Gasteiger partial charge in [-0.3, -0.25) is 4.79 Å². The van der Waals surface area contributed by atoms with Crippen LogP contribution in [0.5, 0.6) is 0 Å². The SMILES string of the molecule is C[C@H](Sc1nnc(-c2cccs2)o1)C(=O)Nc1ccc(N2CCOCC2)cc1. The summed E-state index contributed by atoms with van der Waals surface area (Å²) in [5.74, 6) is 0.365. The predicted molar refractivity (Wildman–Crippen MR) is 111 cm³/mol. The standard InChI is InChI=1S/C19H20N4O3S2/c1-13(28-19-22-21-18(26-19)16-3-2-12-27-16)17(24)20-14-4-6-15(7-5-14)23-8-10-25-11-9-23/h2-7,12-13H,8-11H2,1H3,(H,20,24)/t13-/m0/s1. The molecule has 1 amide bonds. The van der Waals surface area contributed by atoms with Crippen molar-refractivity contribution in [3.63, 3.8) is 0 Å². The minimum atomic E-state index is -0.365. The molecule has 28 heavy (non-hydrogen) atoms. The van der Waals surface area contributed by atoms with Crippen LogP contribution in [0, 0.1) is 0 Å². The molecule has 0 radical (unpaired) electrons. The number of hydrogen-bond acceptors (Lipinski definition) is 8. The lowest BCUT2D eigenvalue weighted by Gasteiger charge is -2.28. The van der Waals surface area contributed by atoms with E-state index in [0.29, 0.717) is 11.1 Å². The van der Waals surface area contributed by atoms with Gasteiger partial charge in [0.2, 0.25) is 5.91 Å². The molecule has 1 N–H and O–H groups in total. The van der Waals surface area contributed by atoms with Crippen molar-refractivity contribution in [3.8, 4) is 10.8 Å². The summed E-state index contributed by atoms with van der Waals surface area (Å²) in [6.07, 6.45) is 0. The van der Waals surface area contributed by atoms with Crippen molar-refractivity contribution in [2.75, 3.05) is 36.5 Å². The van der Waals surface area contributed by atoms with Crippen molar-refractivity contribution in [3.05, 3.63) is 41.8 Å². The molecular weight excluding hydrogens is 396 g/mol. The normalized spacial score (nSPS) is 15.4. The highest BCUT2D eigenvalue weighted by molar-refractivity contribution is 8.00. The second-order valence-corrected chi connectivity index (χ2v) is 8.49. The van der Waals surface area contributed by atoms with Crippen LogP contribution in [-0.2, 0) is 9.53 Å². The van der Waals surface area contributed by atoms with Crippen molar-refractivity contribution in [1.29, 1.82) is 0 Å². The van der Waals surface area contributed by atoms with Crippen molar-refractivity contribution in [2.24, 2.45) is 0 Å². The number of morpholine rings is 1. The van der Waals surface area contributed by atoms with Crippen LogP contribution in [0.15, 0.2) is 51.4 Å². The third kappa shape index (κ3) is 4.54. The van der Waals surface area contributed by atoms with E-state index in [1.165, 1.54) is 23.1 Å². The van der Waals surface area contributed by atoms with Crippen molar-refractivity contribution < 1.29 is 13.9 Å². The highest BCUT2D eigenvalue weighted by Gasteiger charge is 2.19. The molecule has 0 unspecified atom stereocenters. The predicted octanol–water partition coefficient (Wildman–Crippen LogP) is 3.75. The number of anilines is 2. The van der Waals surface area contributed by atoms with Crippen LogP contribution in [0.4, 0.5) is 11.4 Å². The smallest absolute Gasteiger partial charge is 0.277 e. The van der Waals surface area contributed by atoms with Gasteiger partial charge in [-0.15, -0.1) is 21.5 Å². The van der Waals surface area contributed by atoms with E-state index >= 15 is 0 Å². The molecule has 0 aliphatic carbocycles. The first kappa shape index (κ1) is 19.0. The molecule has 2 aromatic heterocycles. The summed E-state index contributed by atoms with van der Waals surface area (Å²) in [5, 5.41) is 13.0. The Morgan fingerprint density at radius 1 is 1.21 bits per heavy atom. The molecule has 1 aliphatic heterocycles. The lowest BCUT2D eigenvalue weighted by atomic mass is 10.2. The zero-order valence-corrected chi connectivity index (χ0v) is 17.0. The number of thioether (sulfide) groups is 1. The van der Waals surface area contributed by atoms with E-state index in [4.69, 9.17) is 9.15 Å². The van der Waals surface area contributed by atoms with E-state index in [1.807, 2.05) is 48.7 Å². The van der Waals surface area contributed by atoms with Gasteiger partial charge in [-0.05, 0) is 42.6 Å². The van der Waals surface area contributed by atoms with Gasteiger partial charge >= 0.3 is 0 Å². The number of hydrogen-bond donors (Lipinski definition) is 1. The van der Waals surface area contributed by atoms with E-state index in [1.54, 1.807) is 0 Å². The lowest BCUT2D eigenvalue weighted by Crippen LogP contribution is -2.36. The Labute approximate surface area is 171 Å². The van der Waals surface area contributed by atoms with Crippen LogP contribution < -0.4 is 10.2 Å². The van der Waals surface area contributed by atoms with Crippen LogP contribution >= 0.6 is 23.1 Å². The van der Waals surface area contributed by atoms with Gasteiger partial charge in [0.1, 0.15) is 0 Å². The molecule has 1 fully saturated rings. The lowest BCUT2D eigenvalue weighted by molar-refractivity contribution is -0.115. The number of amides is 1. The van der Waals surface area contributed by atoms with Gasteiger partial charge in [0.05, 0.1) is 23.3 Å². The molecule has 0 bridgehead atoms. The molecule has 4 rings (SSSR count). The summed E-state index contributed by atoms with van der Waals surface area (Å²) < 4.78 is 11.0. The Bertz CT molecular complexity index is 906. The number of thiophene rings is 1. The van der Waals surface area contributed by atoms with Crippen LogP contribution in [0.3, 0.4) is 0 Å². The van der Waals surface area contributed by atoms with Gasteiger partial charge in [0, 0.05) is 24.5 Å². The number of nitrogens with one attached hydrogen (secondary N) is 1. The quantitative estimate of drug-likeness (QED) is 0.613. The summed E-state index contributed by atoms with van der Waals surface area (Å²) >= 11 is 2.78. The number of ether oxygens (including phenoxy) is 1. The topological polar surface area (TPSA) is 80.5 Å². The second-order valence-electron chi connectivity index (χ2n) is 6.25. The van der Waals surface area contributed by atoms with Crippen LogP contribution in [-0.4, -0.2) is 47.7 Å². The second kappa shape index (κ2) is 8.76. The summed E-state index contributed by atoms with van der Waals surface area (Å²) in [4.78, 5) is 15.7. The molecule has 3 heterocycles. The number of rotatable bonds is 6. The molecule has 1 aliphatic rings. The van der Waals surface area contributed by atoms with E-state index in [2.05, 4.69) is 20.4 Å². The summed E-state index contributed by atoms with van der Waals surface area (Å²) in [7, 11) is 0. The maximum Gasteiger partial charge on any atom is 0.277 e. The Balaban J connectivity index is 1.33. The van der Waals surface area contributed by atoms with Crippen molar-refractivity contribution in [2.45, 2.75) is 17.4 Å². The third-order valence-electron chi connectivity index (χ3n) is 4.30. The summed E-state index contributed by atoms with van der Waals surface area (Å²) in [6.45, 7) is 5.08. The van der Waals surface area contributed by atoms with Gasteiger partial charge in [-0.25, -0.2) is 0 Å². The average molecular weight is 417 g/mol. The number of aromatic nitrogens is 2. The number of carbonyl (C=O) groups excluding carboxylic acids is 1. The first-order chi connectivity index (χ1) is 13.7. The first-order valence-corrected chi connectivity index (χ1v) is 10.7. The number of carbonyl (C=O) groups is 1. The maximum absolute atomic E-state index is 12.5. The van der Waals surface area contributed by atoms with E-state index in [0.717, 1.165) is 42.6 Å². The Morgan fingerprint density at radius 2 is 2.00 bits per heavy atom. The van der Waals surface area contributed by atoms with Crippen LogP contribution in [0.1, 0.15) is 6.92 Å². The molecule has 0 saturated carbocycles. The fourth-order valence-electron chi connectivity index (χ4n) is 2.78. The highest BCUT2D eigenvalue weighted by atomic mass is 32.2. The van der Waals surface area contributed by atoms with E-state index in [-0.39, 0.29) is 11.2 Å². The molecule has 7 nitrogen and oxygen atoms in total. The molecule has 1 saturated heterocycles. The molecule has 9 heteroatoms. The Kier molecular flexibility index (Phi) is 5.94. The maximum atomic E-state index is 12.5. The monoisotopic (exact) mass is 416 g/mol. The number of benzene rings is 1. The Hall–Kier alpha value is -2.36. The van der Waals surface area contributed by atoms with Gasteiger partial charge < -0.3 is 19.4 Å². The first-order valence-electron chi connectivity index (χ1n) is 8.97. The fraction of sp³-hybridized carbons (Fsp3) is 0.316. The molecule has 146 valence electrons. The van der Waals surface area contributed by atoms with Crippen LogP contribution in [0.25, 0.3) is 10.8 Å². The number of nitrogens with zero attached hydrogens (tertiary/aromatic N) is 3. The van der Waals surface area contributed by atoms with Crippen LogP contribution in [0.2, 0.25) is 0 Å². The molecule has 1 atom stereocenters. The minimum Gasteiger partial charge on any atom is -0.410 e. The molecular formula is C19H20N4O3S2. The zero-order valence-electron chi connectivity index (χ0n) is 15.3. The average Bonchev–Trinajstić information content (AvgIpc) is 3.41. The third-order valence-corrected chi connectivity index (χ3v) is 6.09. The van der Waals surface area contributed by atoms with Gasteiger partial charge in [-0.1, -0.05) is 17.8 Å². The zero-order chi connectivity index (χ0) is 19.3. The van der Waals surface area contributed by atoms with Crippen molar-refractivity contribution >= 4 is 40.4 Å². The fourth-order valence-corrected chi connectivity index (χ4v) is 4.11. The highest BCUT2D eigenvalue weighted by Crippen LogP contribution is 2.29. The molecule has 0 spiro atoms. The Morgan fingerprint density at radius 3 is 2.71 bits per heavy atom. The van der Waals surface area contributed by atoms with Gasteiger partial charge in [-0.2, -0.15) is 0 Å². The summed E-state index contributed by atoms with van der Waals surface area (Å²) in [6, 6.07) is 11.7. The van der Waals surface area contributed by atoms with Gasteiger partial charge in [0.15, 0.2) is 0 Å². The van der Waals surface area contributed by atoms with Crippen molar-refractivity contribution in [1.82, 2.24) is 10.2 Å². The van der Waals surface area contributed by atoms with E-state index < -0.39 is 0 Å². The molecule has 3 aromatic rings. The minimum absolute atomic E-state index is 0.111. The molecule has 1 aromatic carbocycles. The van der Waals surface area contributed by atoms with E-state index in [9.17, 15) is 4.79 Å². The van der Waals surface area contributed by atoms with Gasteiger partial charge in [0.25, 0.3) is 11.1 Å². The summed E-state index contributed by atoms with van der Waals surface area (Å²) in [5.41, 5.74) is 1.90.